The first-order chi connectivity index (χ1) is 8.95. The average Bonchev–Trinajstić information content (AvgIpc) is 2.65. The molecule has 1 unspecified atom stereocenters. The maximum atomic E-state index is 9.89. The minimum atomic E-state index is -0.386. The van der Waals surface area contributed by atoms with Crippen molar-refractivity contribution in [3.8, 4) is 0 Å². The summed E-state index contributed by atoms with van der Waals surface area (Å²) in [6, 6.07) is 2.04. The first kappa shape index (κ1) is 14.5. The molecule has 0 amide bonds. The van der Waals surface area contributed by atoms with Gasteiger partial charge in [0.1, 0.15) is 10.6 Å². The van der Waals surface area contributed by atoms with E-state index in [4.69, 9.17) is 11.6 Å². The van der Waals surface area contributed by atoms with Gasteiger partial charge < -0.3 is 10.4 Å². The maximum Gasteiger partial charge on any atom is 0.225 e. The van der Waals surface area contributed by atoms with Crippen molar-refractivity contribution in [3.63, 3.8) is 0 Å². The summed E-state index contributed by atoms with van der Waals surface area (Å²) in [6.07, 6.45) is 0.376. The number of halogens is 1. The van der Waals surface area contributed by atoms with Gasteiger partial charge in [-0.3, -0.25) is 0 Å². The Hall–Kier alpha value is -0.910. The van der Waals surface area contributed by atoms with Crippen LogP contribution in [0.2, 0.25) is 5.28 Å². The second-order valence-electron chi connectivity index (χ2n) is 5.08. The molecular weight excluding hydrogens is 282 g/mol. The third kappa shape index (κ3) is 3.78. The summed E-state index contributed by atoms with van der Waals surface area (Å²) in [4.78, 5) is 10.4. The lowest BCUT2D eigenvalue weighted by Gasteiger charge is -2.14. The van der Waals surface area contributed by atoms with Crippen LogP contribution in [-0.2, 0) is 0 Å². The second kappa shape index (κ2) is 6.03. The van der Waals surface area contributed by atoms with Crippen LogP contribution in [-0.4, -0.2) is 27.7 Å². The fourth-order valence-electron chi connectivity index (χ4n) is 1.99. The van der Waals surface area contributed by atoms with Gasteiger partial charge in [-0.15, -0.1) is 11.3 Å². The number of nitrogens with zero attached hydrogens (tertiary/aromatic N) is 2. The number of thiophene rings is 1. The Morgan fingerprint density at radius 3 is 2.84 bits per heavy atom. The van der Waals surface area contributed by atoms with Gasteiger partial charge in [-0.1, -0.05) is 13.8 Å². The SMILES string of the molecule is Cc1cc2c(NCC(O)CC(C)C)nc(Cl)nc2s1. The van der Waals surface area contributed by atoms with Crippen LogP contribution < -0.4 is 5.32 Å². The topological polar surface area (TPSA) is 58.0 Å². The minimum Gasteiger partial charge on any atom is -0.391 e. The molecule has 2 aromatic heterocycles. The monoisotopic (exact) mass is 299 g/mol. The van der Waals surface area contributed by atoms with E-state index in [1.54, 1.807) is 11.3 Å². The number of rotatable bonds is 5. The Morgan fingerprint density at radius 2 is 2.16 bits per heavy atom. The predicted molar refractivity (Wildman–Crippen MR) is 81.1 cm³/mol. The van der Waals surface area contributed by atoms with Crippen molar-refractivity contribution in [2.24, 2.45) is 5.92 Å². The quantitative estimate of drug-likeness (QED) is 0.830. The van der Waals surface area contributed by atoms with Crippen molar-refractivity contribution in [2.45, 2.75) is 33.3 Å². The van der Waals surface area contributed by atoms with Crippen LogP contribution in [0.1, 0.15) is 25.1 Å². The zero-order valence-electron chi connectivity index (χ0n) is 11.3. The fraction of sp³-hybridized carbons (Fsp3) is 0.538. The molecule has 2 N–H and O–H groups in total. The lowest BCUT2D eigenvalue weighted by molar-refractivity contribution is 0.161. The molecule has 104 valence electrons. The van der Waals surface area contributed by atoms with Crippen LogP contribution in [0.25, 0.3) is 10.2 Å². The smallest absolute Gasteiger partial charge is 0.225 e. The molecule has 0 aromatic carbocycles. The molecule has 1 atom stereocenters. The van der Waals surface area contributed by atoms with E-state index in [1.165, 1.54) is 0 Å². The Bertz CT molecular complexity index is 570. The number of aryl methyl sites for hydroxylation is 1. The van der Waals surface area contributed by atoms with E-state index in [1.807, 2.05) is 13.0 Å². The third-order valence-corrected chi connectivity index (χ3v) is 3.85. The van der Waals surface area contributed by atoms with E-state index in [-0.39, 0.29) is 11.4 Å². The van der Waals surface area contributed by atoms with Crippen LogP contribution in [0, 0.1) is 12.8 Å². The number of hydrogen-bond donors (Lipinski definition) is 2. The normalized spacial score (nSPS) is 13.2. The lowest BCUT2D eigenvalue weighted by atomic mass is 10.1. The van der Waals surface area contributed by atoms with E-state index in [2.05, 4.69) is 29.1 Å². The first-order valence-corrected chi connectivity index (χ1v) is 7.50. The van der Waals surface area contributed by atoms with Crippen LogP contribution in [0.4, 0.5) is 5.82 Å². The highest BCUT2D eigenvalue weighted by Gasteiger charge is 2.12. The number of anilines is 1. The van der Waals surface area contributed by atoms with Gasteiger partial charge in [-0.05, 0) is 36.9 Å². The van der Waals surface area contributed by atoms with Gasteiger partial charge in [0, 0.05) is 11.4 Å². The fourth-order valence-corrected chi connectivity index (χ4v) is 3.09. The predicted octanol–water partition coefficient (Wildman–Crippen LogP) is 3.47. The number of hydrogen-bond acceptors (Lipinski definition) is 5. The number of fused-ring (bicyclic) bond motifs is 1. The molecule has 6 heteroatoms. The van der Waals surface area contributed by atoms with Crippen LogP contribution in [0.3, 0.4) is 0 Å². The van der Waals surface area contributed by atoms with Crippen molar-refractivity contribution in [2.75, 3.05) is 11.9 Å². The van der Waals surface area contributed by atoms with Gasteiger partial charge in [-0.25, -0.2) is 9.97 Å². The van der Waals surface area contributed by atoms with Crippen molar-refractivity contribution >= 4 is 39.0 Å². The highest BCUT2D eigenvalue weighted by Crippen LogP contribution is 2.29. The molecule has 2 rings (SSSR count). The largest absolute Gasteiger partial charge is 0.391 e. The molecular formula is C13H18ClN3OS. The number of aliphatic hydroxyl groups is 1. The standard InChI is InChI=1S/C13H18ClN3OS/c1-7(2)4-9(18)6-15-11-10-5-8(3)19-12(10)17-13(14)16-11/h5,7,9,18H,4,6H2,1-3H3,(H,15,16,17). The molecule has 4 nitrogen and oxygen atoms in total. The maximum absolute atomic E-state index is 9.89. The molecule has 0 saturated heterocycles. The molecule has 0 bridgehead atoms. The summed E-state index contributed by atoms with van der Waals surface area (Å²) in [5, 5.41) is 14.3. The molecule has 0 saturated carbocycles. The number of aromatic nitrogens is 2. The lowest BCUT2D eigenvalue weighted by Crippen LogP contribution is -2.21. The van der Waals surface area contributed by atoms with Crippen LogP contribution in [0.5, 0.6) is 0 Å². The average molecular weight is 300 g/mol. The van der Waals surface area contributed by atoms with Crippen LogP contribution in [0.15, 0.2) is 6.07 Å². The first-order valence-electron chi connectivity index (χ1n) is 6.31. The summed E-state index contributed by atoms with van der Waals surface area (Å²) < 4.78 is 0. The van der Waals surface area contributed by atoms with Gasteiger partial charge in [0.2, 0.25) is 5.28 Å². The van der Waals surface area contributed by atoms with E-state index >= 15 is 0 Å². The van der Waals surface area contributed by atoms with E-state index < -0.39 is 0 Å². The third-order valence-electron chi connectivity index (χ3n) is 2.74. The minimum absolute atomic E-state index is 0.232. The molecule has 2 heterocycles. The Morgan fingerprint density at radius 1 is 1.42 bits per heavy atom. The molecule has 19 heavy (non-hydrogen) atoms. The summed E-state index contributed by atoms with van der Waals surface area (Å²) in [5.74, 6) is 1.16. The zero-order valence-corrected chi connectivity index (χ0v) is 12.8. The number of aliphatic hydroxyl groups excluding tert-OH is 1. The van der Waals surface area contributed by atoms with Gasteiger partial charge in [-0.2, -0.15) is 0 Å². The van der Waals surface area contributed by atoms with Gasteiger partial charge in [0.05, 0.1) is 11.5 Å². The summed E-state index contributed by atoms with van der Waals surface area (Å²) in [6.45, 7) is 6.67. The van der Waals surface area contributed by atoms with Crippen LogP contribution >= 0.6 is 22.9 Å². The van der Waals surface area contributed by atoms with Crippen molar-refractivity contribution in [1.82, 2.24) is 9.97 Å². The van der Waals surface area contributed by atoms with Gasteiger partial charge in [0.25, 0.3) is 0 Å². The number of nitrogens with one attached hydrogen (secondary N) is 1. The summed E-state index contributed by atoms with van der Waals surface area (Å²) >= 11 is 7.50. The molecule has 0 aliphatic rings. The highest BCUT2D eigenvalue weighted by atomic mass is 35.5. The molecule has 0 spiro atoms. The van der Waals surface area contributed by atoms with Crippen molar-refractivity contribution < 1.29 is 5.11 Å². The molecule has 0 fully saturated rings. The zero-order chi connectivity index (χ0) is 14.0. The summed E-state index contributed by atoms with van der Waals surface area (Å²) in [7, 11) is 0. The van der Waals surface area contributed by atoms with Crippen molar-refractivity contribution in [1.29, 1.82) is 0 Å². The second-order valence-corrected chi connectivity index (χ2v) is 6.65. The van der Waals surface area contributed by atoms with E-state index in [0.29, 0.717) is 18.3 Å². The molecule has 0 radical (unpaired) electrons. The van der Waals surface area contributed by atoms with Gasteiger partial charge >= 0.3 is 0 Å². The summed E-state index contributed by atoms with van der Waals surface area (Å²) in [5.41, 5.74) is 0. The Kier molecular flexibility index (Phi) is 4.60. The van der Waals surface area contributed by atoms with Crippen molar-refractivity contribution in [3.05, 3.63) is 16.2 Å². The Labute approximate surface area is 121 Å². The molecule has 0 aliphatic heterocycles. The Balaban J connectivity index is 2.15. The van der Waals surface area contributed by atoms with E-state index in [9.17, 15) is 5.11 Å². The highest BCUT2D eigenvalue weighted by molar-refractivity contribution is 7.18. The van der Waals surface area contributed by atoms with E-state index in [0.717, 1.165) is 21.5 Å². The van der Waals surface area contributed by atoms with Gasteiger partial charge in [0.15, 0.2) is 0 Å². The molecule has 2 aromatic rings. The molecule has 0 aliphatic carbocycles.